The Morgan fingerprint density at radius 1 is 1.25 bits per heavy atom. The Labute approximate surface area is 143 Å². The van der Waals surface area contributed by atoms with Crippen LogP contribution >= 0.6 is 0 Å². The third-order valence-corrected chi connectivity index (χ3v) is 4.23. The van der Waals surface area contributed by atoms with Crippen molar-refractivity contribution in [3.63, 3.8) is 0 Å². The highest BCUT2D eigenvalue weighted by Gasteiger charge is 2.25. The molecule has 2 atom stereocenters. The maximum Gasteiger partial charge on any atom is 0.315 e. The lowest BCUT2D eigenvalue weighted by atomic mass is 9.95. The third-order valence-electron chi connectivity index (χ3n) is 4.23. The number of carbonyl (C=O) groups excluding carboxylic acids is 1. The van der Waals surface area contributed by atoms with E-state index < -0.39 is 11.5 Å². The van der Waals surface area contributed by atoms with Gasteiger partial charge in [0.05, 0.1) is 0 Å². The van der Waals surface area contributed by atoms with Crippen LogP contribution in [0, 0.1) is 0 Å². The van der Waals surface area contributed by atoms with Gasteiger partial charge in [-0.2, -0.15) is 0 Å². The van der Waals surface area contributed by atoms with Crippen molar-refractivity contribution in [3.05, 3.63) is 35.9 Å². The molecule has 0 saturated carbocycles. The molecule has 0 bridgehead atoms. The molecule has 0 aliphatic heterocycles. The molecule has 0 heterocycles. The van der Waals surface area contributed by atoms with Gasteiger partial charge in [-0.25, -0.2) is 4.79 Å². The van der Waals surface area contributed by atoms with Crippen LogP contribution in [-0.2, 0) is 11.2 Å². The first-order valence-electron chi connectivity index (χ1n) is 8.34. The van der Waals surface area contributed by atoms with E-state index in [0.29, 0.717) is 25.7 Å². The number of hydrogen-bond donors (Lipinski definition) is 4. The average molecular weight is 336 g/mol. The number of aliphatic carboxylic acids is 1. The van der Waals surface area contributed by atoms with Gasteiger partial charge in [0.2, 0.25) is 0 Å². The van der Waals surface area contributed by atoms with E-state index in [4.69, 9.17) is 10.2 Å². The standard InChI is InChI=1S/C18H28N2O4/c1-3-18(2,11-12-21)20-17(24)19-15(9-10-16(22)23)13-14-7-5-4-6-8-14/h4-8,15,21H,3,9-13H2,1-2H3,(H,22,23)(H2,19,20,24). The summed E-state index contributed by atoms with van der Waals surface area (Å²) in [5.41, 5.74) is 0.560. The predicted octanol–water partition coefficient (Wildman–Crippen LogP) is 2.31. The number of benzene rings is 1. The Morgan fingerprint density at radius 3 is 2.46 bits per heavy atom. The minimum absolute atomic E-state index is 0.000530. The number of rotatable bonds is 10. The molecule has 0 aliphatic carbocycles. The second-order valence-electron chi connectivity index (χ2n) is 6.31. The first-order valence-corrected chi connectivity index (χ1v) is 8.34. The van der Waals surface area contributed by atoms with E-state index in [9.17, 15) is 9.59 Å². The molecular weight excluding hydrogens is 308 g/mol. The van der Waals surface area contributed by atoms with E-state index in [1.807, 2.05) is 44.2 Å². The maximum atomic E-state index is 12.3. The summed E-state index contributed by atoms with van der Waals surface area (Å²) in [6.45, 7) is 3.82. The second-order valence-corrected chi connectivity index (χ2v) is 6.31. The van der Waals surface area contributed by atoms with Gasteiger partial charge in [-0.3, -0.25) is 4.79 Å². The molecular formula is C18H28N2O4. The summed E-state index contributed by atoms with van der Waals surface area (Å²) in [4.78, 5) is 23.1. The lowest BCUT2D eigenvalue weighted by Crippen LogP contribution is -2.53. The van der Waals surface area contributed by atoms with Crippen LogP contribution in [0.4, 0.5) is 4.79 Å². The van der Waals surface area contributed by atoms with E-state index >= 15 is 0 Å². The first-order chi connectivity index (χ1) is 11.4. The number of amides is 2. The number of aliphatic hydroxyl groups excluding tert-OH is 1. The highest BCUT2D eigenvalue weighted by atomic mass is 16.4. The first kappa shape index (κ1) is 20.0. The van der Waals surface area contributed by atoms with Gasteiger partial charge < -0.3 is 20.8 Å². The van der Waals surface area contributed by atoms with Crippen molar-refractivity contribution < 1.29 is 19.8 Å². The zero-order chi connectivity index (χ0) is 18.0. The molecule has 0 saturated heterocycles. The number of hydrogen-bond acceptors (Lipinski definition) is 3. The molecule has 2 unspecified atom stereocenters. The van der Waals surface area contributed by atoms with Crippen molar-refractivity contribution in [1.82, 2.24) is 10.6 Å². The quantitative estimate of drug-likeness (QED) is 0.527. The number of carbonyl (C=O) groups is 2. The summed E-state index contributed by atoms with van der Waals surface area (Å²) >= 11 is 0. The molecule has 1 aromatic carbocycles. The lowest BCUT2D eigenvalue weighted by molar-refractivity contribution is -0.137. The molecule has 6 heteroatoms. The molecule has 0 fully saturated rings. The fourth-order valence-corrected chi connectivity index (χ4v) is 2.49. The molecule has 24 heavy (non-hydrogen) atoms. The van der Waals surface area contributed by atoms with Crippen molar-refractivity contribution in [2.24, 2.45) is 0 Å². The number of carboxylic acids is 1. The van der Waals surface area contributed by atoms with E-state index in [0.717, 1.165) is 5.56 Å². The summed E-state index contributed by atoms with van der Waals surface area (Å²) in [5, 5.41) is 23.8. The fourth-order valence-electron chi connectivity index (χ4n) is 2.49. The van der Waals surface area contributed by atoms with Crippen molar-refractivity contribution in [2.45, 2.75) is 57.5 Å². The van der Waals surface area contributed by atoms with Gasteiger partial charge in [-0.1, -0.05) is 37.3 Å². The van der Waals surface area contributed by atoms with Gasteiger partial charge in [0.25, 0.3) is 0 Å². The highest BCUT2D eigenvalue weighted by molar-refractivity contribution is 5.75. The van der Waals surface area contributed by atoms with Crippen LogP contribution in [0.5, 0.6) is 0 Å². The van der Waals surface area contributed by atoms with Crippen LogP contribution in [0.15, 0.2) is 30.3 Å². The highest BCUT2D eigenvalue weighted by Crippen LogP contribution is 2.14. The largest absolute Gasteiger partial charge is 0.481 e. The molecule has 0 aromatic heterocycles. The second kappa shape index (κ2) is 9.93. The molecule has 1 rings (SSSR count). The number of urea groups is 1. The molecule has 4 N–H and O–H groups in total. The van der Waals surface area contributed by atoms with Gasteiger partial charge in [-0.05, 0) is 38.2 Å². The van der Waals surface area contributed by atoms with Crippen molar-refractivity contribution >= 4 is 12.0 Å². The van der Waals surface area contributed by atoms with Crippen LogP contribution in [0.2, 0.25) is 0 Å². The molecule has 0 aliphatic rings. The predicted molar refractivity (Wildman–Crippen MR) is 92.9 cm³/mol. The average Bonchev–Trinajstić information content (AvgIpc) is 2.53. The summed E-state index contributed by atoms with van der Waals surface area (Å²) < 4.78 is 0. The maximum absolute atomic E-state index is 12.3. The van der Waals surface area contributed by atoms with Gasteiger partial charge in [0, 0.05) is 24.6 Å². The number of aliphatic hydroxyl groups is 1. The lowest BCUT2D eigenvalue weighted by Gasteiger charge is -2.30. The Morgan fingerprint density at radius 2 is 1.92 bits per heavy atom. The third kappa shape index (κ3) is 7.46. The number of nitrogens with one attached hydrogen (secondary N) is 2. The van der Waals surface area contributed by atoms with Gasteiger partial charge >= 0.3 is 12.0 Å². The molecule has 0 radical (unpaired) electrons. The Bertz CT molecular complexity index is 521. The van der Waals surface area contributed by atoms with Crippen LogP contribution < -0.4 is 10.6 Å². The summed E-state index contributed by atoms with van der Waals surface area (Å²) in [6.07, 6.45) is 2.10. The summed E-state index contributed by atoms with van der Waals surface area (Å²) in [7, 11) is 0. The SMILES string of the molecule is CCC(C)(CCO)NC(=O)NC(CCC(=O)O)Cc1ccccc1. The van der Waals surface area contributed by atoms with E-state index in [1.165, 1.54) is 0 Å². The summed E-state index contributed by atoms with van der Waals surface area (Å²) in [5.74, 6) is -0.881. The zero-order valence-corrected chi connectivity index (χ0v) is 14.4. The smallest absolute Gasteiger partial charge is 0.315 e. The van der Waals surface area contributed by atoms with Crippen molar-refractivity contribution in [1.29, 1.82) is 0 Å². The topological polar surface area (TPSA) is 98.7 Å². The van der Waals surface area contributed by atoms with Crippen LogP contribution in [0.25, 0.3) is 0 Å². The van der Waals surface area contributed by atoms with Gasteiger partial charge in [-0.15, -0.1) is 0 Å². The van der Waals surface area contributed by atoms with Gasteiger partial charge in [0.15, 0.2) is 0 Å². The Hall–Kier alpha value is -2.08. The monoisotopic (exact) mass is 336 g/mol. The number of carboxylic acid groups (broad SMARTS) is 1. The van der Waals surface area contributed by atoms with Crippen molar-refractivity contribution in [3.8, 4) is 0 Å². The molecule has 134 valence electrons. The van der Waals surface area contributed by atoms with E-state index in [-0.39, 0.29) is 25.1 Å². The van der Waals surface area contributed by atoms with Crippen LogP contribution in [-0.4, -0.2) is 40.4 Å². The van der Waals surface area contributed by atoms with E-state index in [2.05, 4.69) is 10.6 Å². The van der Waals surface area contributed by atoms with Gasteiger partial charge in [0.1, 0.15) is 0 Å². The molecule has 0 spiro atoms. The minimum Gasteiger partial charge on any atom is -0.481 e. The normalized spacial score (nSPS) is 14.5. The minimum atomic E-state index is -0.881. The molecule has 1 aromatic rings. The van der Waals surface area contributed by atoms with E-state index in [1.54, 1.807) is 0 Å². The molecule has 2 amide bonds. The zero-order valence-electron chi connectivity index (χ0n) is 14.4. The van der Waals surface area contributed by atoms with Crippen LogP contribution in [0.3, 0.4) is 0 Å². The Kier molecular flexibility index (Phi) is 8.26. The Balaban J connectivity index is 2.68. The molecule has 6 nitrogen and oxygen atoms in total. The van der Waals surface area contributed by atoms with Crippen LogP contribution in [0.1, 0.15) is 45.1 Å². The fraction of sp³-hybridized carbons (Fsp3) is 0.556. The summed E-state index contributed by atoms with van der Waals surface area (Å²) in [6, 6.07) is 9.05. The van der Waals surface area contributed by atoms with Crippen molar-refractivity contribution in [2.75, 3.05) is 6.61 Å².